The molecule has 1 aliphatic rings. The van der Waals surface area contributed by atoms with Crippen molar-refractivity contribution in [3.63, 3.8) is 0 Å². The van der Waals surface area contributed by atoms with E-state index in [4.69, 9.17) is 4.74 Å². The number of rotatable bonds is 7. The molecule has 3 rings (SSSR count). The maximum absolute atomic E-state index is 12.3. The molecule has 0 radical (unpaired) electrons. The maximum Gasteiger partial charge on any atom is 0.270 e. The predicted octanol–water partition coefficient (Wildman–Crippen LogP) is 1.46. The molecule has 2 N–H and O–H groups in total. The number of hydrogen-bond acceptors (Lipinski definition) is 6. The molecule has 1 saturated heterocycles. The normalized spacial score (nSPS) is 14.8. The Balaban J connectivity index is 1.47. The Morgan fingerprint density at radius 3 is 2.73 bits per heavy atom. The van der Waals surface area contributed by atoms with E-state index in [0.29, 0.717) is 24.6 Å². The Hall–Kier alpha value is -2.51. The van der Waals surface area contributed by atoms with Crippen LogP contribution in [0.3, 0.4) is 0 Å². The molecule has 1 aromatic carbocycles. The maximum atomic E-state index is 12.3. The van der Waals surface area contributed by atoms with Gasteiger partial charge in [0.15, 0.2) is 0 Å². The van der Waals surface area contributed by atoms with Gasteiger partial charge in [-0.1, -0.05) is 29.8 Å². The van der Waals surface area contributed by atoms with Crippen LogP contribution < -0.4 is 10.6 Å². The van der Waals surface area contributed by atoms with E-state index in [0.717, 1.165) is 38.4 Å². The van der Waals surface area contributed by atoms with Crippen LogP contribution in [0.25, 0.3) is 0 Å². The first-order valence-corrected chi connectivity index (χ1v) is 8.90. The monoisotopic (exact) mass is 355 g/mol. The molecule has 1 fully saturated rings. The van der Waals surface area contributed by atoms with Crippen LogP contribution in [0.1, 0.15) is 21.6 Å². The fraction of sp³-hybridized carbons (Fsp3) is 0.421. The second-order valence-electron chi connectivity index (χ2n) is 6.34. The van der Waals surface area contributed by atoms with Crippen LogP contribution in [0.2, 0.25) is 0 Å². The van der Waals surface area contributed by atoms with Crippen LogP contribution in [0.5, 0.6) is 0 Å². The van der Waals surface area contributed by atoms with Crippen molar-refractivity contribution in [2.45, 2.75) is 13.5 Å². The highest BCUT2D eigenvalue weighted by Crippen LogP contribution is 2.08. The van der Waals surface area contributed by atoms with E-state index < -0.39 is 0 Å². The SMILES string of the molecule is Cc1ccc(CNc2cc(C(=O)NCCN3CCOCC3)ncn2)cc1. The number of ether oxygens (including phenoxy) is 1. The molecule has 0 spiro atoms. The van der Waals surface area contributed by atoms with Crippen LogP contribution in [-0.2, 0) is 11.3 Å². The van der Waals surface area contributed by atoms with Gasteiger partial charge in [-0.2, -0.15) is 0 Å². The first-order chi connectivity index (χ1) is 12.7. The second kappa shape index (κ2) is 9.26. The first kappa shape index (κ1) is 18.3. The Labute approximate surface area is 153 Å². The number of benzene rings is 1. The van der Waals surface area contributed by atoms with Crippen molar-refractivity contribution in [2.75, 3.05) is 44.7 Å². The zero-order valence-electron chi connectivity index (χ0n) is 15.1. The molecule has 7 heteroatoms. The third-order valence-electron chi connectivity index (χ3n) is 4.31. The van der Waals surface area contributed by atoms with Crippen LogP contribution >= 0.6 is 0 Å². The number of aromatic nitrogens is 2. The van der Waals surface area contributed by atoms with Gasteiger partial charge in [-0.25, -0.2) is 9.97 Å². The van der Waals surface area contributed by atoms with Crippen molar-refractivity contribution in [2.24, 2.45) is 0 Å². The van der Waals surface area contributed by atoms with Gasteiger partial charge in [0.25, 0.3) is 5.91 Å². The molecule has 2 aromatic rings. The van der Waals surface area contributed by atoms with Crippen LogP contribution in [0, 0.1) is 6.92 Å². The van der Waals surface area contributed by atoms with Gasteiger partial charge in [0.1, 0.15) is 17.8 Å². The molecule has 0 atom stereocenters. The van der Waals surface area contributed by atoms with E-state index >= 15 is 0 Å². The Morgan fingerprint density at radius 2 is 1.96 bits per heavy atom. The van der Waals surface area contributed by atoms with E-state index in [1.807, 2.05) is 0 Å². The molecule has 1 amide bonds. The van der Waals surface area contributed by atoms with Gasteiger partial charge in [-0.15, -0.1) is 0 Å². The standard InChI is InChI=1S/C19H25N5O2/c1-15-2-4-16(5-3-15)13-21-18-12-17(22-14-23-18)19(25)20-6-7-24-8-10-26-11-9-24/h2-5,12,14H,6-11,13H2,1H3,(H,20,25)(H,21,22,23). The fourth-order valence-corrected chi connectivity index (χ4v) is 2.72. The molecule has 0 bridgehead atoms. The summed E-state index contributed by atoms with van der Waals surface area (Å²) in [5.74, 6) is 0.456. The molecule has 0 saturated carbocycles. The number of hydrogen-bond donors (Lipinski definition) is 2. The van der Waals surface area contributed by atoms with Crippen molar-refractivity contribution >= 4 is 11.7 Å². The number of carbonyl (C=O) groups excluding carboxylic acids is 1. The lowest BCUT2D eigenvalue weighted by atomic mass is 10.1. The van der Waals surface area contributed by atoms with Crippen LogP contribution in [0.15, 0.2) is 36.7 Å². The summed E-state index contributed by atoms with van der Waals surface area (Å²) in [6.07, 6.45) is 1.41. The molecule has 1 aromatic heterocycles. The molecular weight excluding hydrogens is 330 g/mol. The number of carbonyl (C=O) groups is 1. The van der Waals surface area contributed by atoms with Crippen molar-refractivity contribution in [3.8, 4) is 0 Å². The van der Waals surface area contributed by atoms with E-state index in [-0.39, 0.29) is 5.91 Å². The zero-order chi connectivity index (χ0) is 18.2. The number of morpholine rings is 1. The van der Waals surface area contributed by atoms with Gasteiger partial charge < -0.3 is 15.4 Å². The summed E-state index contributed by atoms with van der Waals surface area (Å²) >= 11 is 0. The van der Waals surface area contributed by atoms with Crippen molar-refractivity contribution in [3.05, 3.63) is 53.5 Å². The summed E-state index contributed by atoms with van der Waals surface area (Å²) in [6.45, 7) is 7.47. The quantitative estimate of drug-likeness (QED) is 0.783. The van der Waals surface area contributed by atoms with E-state index in [9.17, 15) is 4.79 Å². The molecular formula is C19H25N5O2. The largest absolute Gasteiger partial charge is 0.379 e. The highest BCUT2D eigenvalue weighted by molar-refractivity contribution is 5.92. The van der Waals surface area contributed by atoms with Gasteiger partial charge >= 0.3 is 0 Å². The Bertz CT molecular complexity index is 714. The predicted molar refractivity (Wildman–Crippen MR) is 100 cm³/mol. The summed E-state index contributed by atoms with van der Waals surface area (Å²) in [5.41, 5.74) is 2.76. The molecule has 138 valence electrons. The summed E-state index contributed by atoms with van der Waals surface area (Å²) in [4.78, 5) is 22.8. The number of nitrogens with one attached hydrogen (secondary N) is 2. The molecule has 0 aliphatic carbocycles. The second-order valence-corrected chi connectivity index (χ2v) is 6.34. The minimum atomic E-state index is -0.181. The first-order valence-electron chi connectivity index (χ1n) is 8.90. The molecule has 26 heavy (non-hydrogen) atoms. The number of nitrogens with zero attached hydrogens (tertiary/aromatic N) is 3. The van der Waals surface area contributed by atoms with E-state index in [1.54, 1.807) is 6.07 Å². The van der Waals surface area contributed by atoms with Gasteiger partial charge in [0, 0.05) is 38.8 Å². The summed E-state index contributed by atoms with van der Waals surface area (Å²) in [7, 11) is 0. The Kier molecular flexibility index (Phi) is 6.51. The molecule has 2 heterocycles. The lowest BCUT2D eigenvalue weighted by molar-refractivity contribution is 0.0383. The van der Waals surface area contributed by atoms with Crippen molar-refractivity contribution in [1.82, 2.24) is 20.2 Å². The molecule has 7 nitrogen and oxygen atoms in total. The van der Waals surface area contributed by atoms with E-state index in [2.05, 4.69) is 56.7 Å². The number of amides is 1. The number of anilines is 1. The third-order valence-corrected chi connectivity index (χ3v) is 4.31. The fourth-order valence-electron chi connectivity index (χ4n) is 2.72. The van der Waals surface area contributed by atoms with Gasteiger partial charge in [0.05, 0.1) is 13.2 Å². The van der Waals surface area contributed by atoms with Crippen LogP contribution in [-0.4, -0.2) is 60.2 Å². The minimum Gasteiger partial charge on any atom is -0.379 e. The molecule has 1 aliphatic heterocycles. The highest BCUT2D eigenvalue weighted by atomic mass is 16.5. The minimum absolute atomic E-state index is 0.181. The smallest absolute Gasteiger partial charge is 0.270 e. The zero-order valence-corrected chi connectivity index (χ0v) is 15.1. The van der Waals surface area contributed by atoms with Crippen molar-refractivity contribution < 1.29 is 9.53 Å². The average Bonchev–Trinajstić information content (AvgIpc) is 2.68. The third kappa shape index (κ3) is 5.50. The lowest BCUT2D eigenvalue weighted by Gasteiger charge is -2.26. The van der Waals surface area contributed by atoms with Gasteiger partial charge in [-0.05, 0) is 12.5 Å². The van der Waals surface area contributed by atoms with E-state index in [1.165, 1.54) is 11.9 Å². The van der Waals surface area contributed by atoms with Crippen LogP contribution in [0.4, 0.5) is 5.82 Å². The summed E-state index contributed by atoms with van der Waals surface area (Å²) in [6, 6.07) is 9.97. The Morgan fingerprint density at radius 1 is 1.19 bits per heavy atom. The molecule has 0 unspecified atom stereocenters. The topological polar surface area (TPSA) is 79.4 Å². The lowest BCUT2D eigenvalue weighted by Crippen LogP contribution is -2.41. The van der Waals surface area contributed by atoms with Crippen molar-refractivity contribution in [1.29, 1.82) is 0 Å². The summed E-state index contributed by atoms with van der Waals surface area (Å²) < 4.78 is 5.32. The highest BCUT2D eigenvalue weighted by Gasteiger charge is 2.12. The van der Waals surface area contributed by atoms with Gasteiger partial charge in [0.2, 0.25) is 0 Å². The summed E-state index contributed by atoms with van der Waals surface area (Å²) in [5, 5.41) is 6.14. The number of aryl methyl sites for hydroxylation is 1. The average molecular weight is 355 g/mol. The van der Waals surface area contributed by atoms with Gasteiger partial charge in [-0.3, -0.25) is 9.69 Å².